The van der Waals surface area contributed by atoms with Crippen molar-refractivity contribution in [3.8, 4) is 39.8 Å². The SMILES string of the molecule is COC(=O)c1cccc(-c2ccc(S(=O)(=O)CCNC(=O)OC(C)(C)C)c(S(=O)(=O)N(Cc3ccc(OC)cc3)Cc3ccc(OC)cc3)c2-c2nnn(Cc3ccc(OC)cc3)n2)c1NCCNC(=O)OC(C)(C)C. The second-order valence-corrected chi connectivity index (χ2v) is 23.1. The molecule has 1 heterocycles. The van der Waals surface area contributed by atoms with Crippen LogP contribution in [-0.2, 0) is 53.7 Å². The zero-order valence-electron chi connectivity index (χ0n) is 44.1. The van der Waals surface area contributed by atoms with Crippen LogP contribution in [-0.4, -0.2) is 125 Å². The van der Waals surface area contributed by atoms with E-state index in [2.05, 4.69) is 26.3 Å². The molecule has 0 aliphatic carbocycles. The number of alkyl carbamates (subject to hydrolysis) is 2. The number of ether oxygens (including phenoxy) is 6. The summed E-state index contributed by atoms with van der Waals surface area (Å²) in [6, 6.07) is 27.7. The Kier molecular flexibility index (Phi) is 18.7. The maximum atomic E-state index is 16.3. The van der Waals surface area contributed by atoms with E-state index in [1.54, 1.807) is 126 Å². The summed E-state index contributed by atoms with van der Waals surface area (Å²) in [5, 5.41) is 21.8. The molecule has 6 aromatic rings. The number of aromatic nitrogens is 4. The predicted molar refractivity (Wildman–Crippen MR) is 284 cm³/mol. The number of tetrazole rings is 1. The number of nitrogens with one attached hydrogen (secondary N) is 3. The topological polar surface area (TPSA) is 258 Å². The number of sulfone groups is 1. The Bertz CT molecular complexity index is 3160. The van der Waals surface area contributed by atoms with Crippen LogP contribution in [0.1, 0.15) is 68.6 Å². The van der Waals surface area contributed by atoms with Crippen LogP contribution in [0.25, 0.3) is 22.5 Å². The van der Waals surface area contributed by atoms with Crippen molar-refractivity contribution in [3.63, 3.8) is 0 Å². The number of amides is 2. The van der Waals surface area contributed by atoms with Gasteiger partial charge in [0, 0.05) is 38.3 Å². The molecule has 76 heavy (non-hydrogen) atoms. The average Bonchev–Trinajstić information content (AvgIpc) is 3.86. The molecule has 6 rings (SSSR count). The summed E-state index contributed by atoms with van der Waals surface area (Å²) >= 11 is 0. The summed E-state index contributed by atoms with van der Waals surface area (Å²) in [4.78, 5) is 38.9. The standard InChI is InChI=1S/C53H64N8O13S2/c1-52(2,3)73-50(63)55-29-28-54-46-42(12-11-13-43(46)49(62)72-10)41-26-27-44(75(65,66)31-30-56-51(64)74-53(4,5)6)47(45(41)48-57-59-61(58-48)34-37-18-24-40(71-9)25-19-37)76(67,68)60(32-35-14-20-38(69-7)21-15-35)33-36-16-22-39(70-8)23-17-36/h11-27,54H,28-34H2,1-10H3,(H,55,63)(H,56,64). The summed E-state index contributed by atoms with van der Waals surface area (Å²) in [7, 11) is -4.07. The van der Waals surface area contributed by atoms with Crippen molar-refractivity contribution in [1.29, 1.82) is 0 Å². The van der Waals surface area contributed by atoms with Crippen LogP contribution in [0.2, 0.25) is 0 Å². The lowest BCUT2D eigenvalue weighted by atomic mass is 9.95. The molecule has 0 saturated heterocycles. The molecule has 0 radical (unpaired) electrons. The Labute approximate surface area is 443 Å². The molecular weight excluding hydrogens is 1020 g/mol. The minimum absolute atomic E-state index is 0.00220. The van der Waals surface area contributed by atoms with E-state index in [1.165, 1.54) is 45.4 Å². The van der Waals surface area contributed by atoms with Gasteiger partial charge in [-0.2, -0.15) is 9.10 Å². The highest BCUT2D eigenvalue weighted by Gasteiger charge is 2.38. The Morgan fingerprint density at radius 3 is 1.63 bits per heavy atom. The Hall–Kier alpha value is -7.76. The van der Waals surface area contributed by atoms with Gasteiger partial charge in [0.05, 0.1) is 62.4 Å². The molecule has 0 unspecified atom stereocenters. The number of carbonyl (C=O) groups excluding carboxylic acids is 3. The highest BCUT2D eigenvalue weighted by Crippen LogP contribution is 2.44. The maximum Gasteiger partial charge on any atom is 0.407 e. The molecule has 21 nitrogen and oxygen atoms in total. The molecular formula is C53H64N8O13S2. The van der Waals surface area contributed by atoms with E-state index in [0.29, 0.717) is 33.9 Å². The first-order valence-corrected chi connectivity index (χ1v) is 27.0. The number of hydrogen-bond donors (Lipinski definition) is 3. The van der Waals surface area contributed by atoms with Crippen molar-refractivity contribution in [2.45, 2.75) is 82.2 Å². The summed E-state index contributed by atoms with van der Waals surface area (Å²) in [5.74, 6) is -0.232. The van der Waals surface area contributed by atoms with Gasteiger partial charge in [0.1, 0.15) is 33.3 Å². The second kappa shape index (κ2) is 24.7. The van der Waals surface area contributed by atoms with Crippen LogP contribution in [0.4, 0.5) is 15.3 Å². The zero-order chi connectivity index (χ0) is 55.4. The largest absolute Gasteiger partial charge is 0.497 e. The number of anilines is 1. The van der Waals surface area contributed by atoms with E-state index in [0.717, 1.165) is 10.4 Å². The van der Waals surface area contributed by atoms with Gasteiger partial charge in [-0.25, -0.2) is 31.2 Å². The van der Waals surface area contributed by atoms with Crippen molar-refractivity contribution >= 4 is 43.7 Å². The molecule has 0 fully saturated rings. The Balaban J connectivity index is 1.65. The number of sulfonamides is 1. The van der Waals surface area contributed by atoms with Crippen LogP contribution >= 0.6 is 0 Å². The summed E-state index contributed by atoms with van der Waals surface area (Å²) in [6.07, 6.45) is -1.58. The smallest absolute Gasteiger partial charge is 0.407 e. The van der Waals surface area contributed by atoms with Gasteiger partial charge in [-0.15, -0.1) is 10.2 Å². The Morgan fingerprint density at radius 2 is 1.13 bits per heavy atom. The molecule has 1 aromatic heterocycles. The molecule has 0 aliphatic heterocycles. The van der Waals surface area contributed by atoms with E-state index < -0.39 is 71.3 Å². The van der Waals surface area contributed by atoms with Gasteiger partial charge in [-0.05, 0) is 118 Å². The molecule has 0 saturated carbocycles. The van der Waals surface area contributed by atoms with Crippen molar-refractivity contribution in [3.05, 3.63) is 125 Å². The number of benzene rings is 5. The highest BCUT2D eigenvalue weighted by atomic mass is 32.2. The van der Waals surface area contributed by atoms with Gasteiger partial charge in [0.25, 0.3) is 0 Å². The lowest BCUT2D eigenvalue weighted by Crippen LogP contribution is -2.35. The summed E-state index contributed by atoms with van der Waals surface area (Å²) < 4.78 is 95.9. The van der Waals surface area contributed by atoms with Crippen LogP contribution < -0.4 is 30.2 Å². The monoisotopic (exact) mass is 1080 g/mol. The van der Waals surface area contributed by atoms with Gasteiger partial charge in [0.15, 0.2) is 9.84 Å². The predicted octanol–water partition coefficient (Wildman–Crippen LogP) is 7.49. The summed E-state index contributed by atoms with van der Waals surface area (Å²) in [6.45, 7) is 9.11. The number of para-hydroxylation sites is 1. The molecule has 0 atom stereocenters. The summed E-state index contributed by atoms with van der Waals surface area (Å²) in [5.41, 5.74) is 0.134. The minimum Gasteiger partial charge on any atom is -0.497 e. The molecule has 406 valence electrons. The van der Waals surface area contributed by atoms with E-state index in [-0.39, 0.29) is 66.5 Å². The van der Waals surface area contributed by atoms with E-state index >= 15 is 16.8 Å². The second-order valence-electron chi connectivity index (χ2n) is 19.1. The molecule has 0 aliphatic rings. The van der Waals surface area contributed by atoms with E-state index in [4.69, 9.17) is 33.5 Å². The first-order chi connectivity index (χ1) is 35.9. The number of nitrogens with zero attached hydrogens (tertiary/aromatic N) is 5. The van der Waals surface area contributed by atoms with Crippen molar-refractivity contribution in [2.75, 3.05) is 59.1 Å². The molecule has 2 amide bonds. The van der Waals surface area contributed by atoms with Crippen LogP contribution in [0, 0.1) is 0 Å². The quantitative estimate of drug-likeness (QED) is 0.0338. The van der Waals surface area contributed by atoms with Crippen molar-refractivity contribution in [1.82, 2.24) is 35.1 Å². The number of rotatable bonds is 22. The third-order valence-electron chi connectivity index (χ3n) is 11.1. The fourth-order valence-electron chi connectivity index (χ4n) is 7.66. The van der Waals surface area contributed by atoms with Gasteiger partial charge in [-0.3, -0.25) is 0 Å². The lowest BCUT2D eigenvalue weighted by molar-refractivity contribution is 0.0519. The van der Waals surface area contributed by atoms with Gasteiger partial charge >= 0.3 is 18.2 Å². The van der Waals surface area contributed by atoms with E-state index in [1.807, 2.05) is 0 Å². The normalized spacial score (nSPS) is 11.9. The highest BCUT2D eigenvalue weighted by molar-refractivity contribution is 7.93. The van der Waals surface area contributed by atoms with Gasteiger partial charge in [-0.1, -0.05) is 54.6 Å². The molecule has 0 bridgehead atoms. The fourth-order valence-corrected chi connectivity index (χ4v) is 11.3. The molecule has 5 aromatic carbocycles. The van der Waals surface area contributed by atoms with Crippen molar-refractivity contribution in [2.24, 2.45) is 0 Å². The molecule has 0 spiro atoms. The van der Waals surface area contributed by atoms with Gasteiger partial charge in [0.2, 0.25) is 15.8 Å². The minimum atomic E-state index is -5.09. The average molecular weight is 1090 g/mol. The number of esters is 1. The molecule has 3 N–H and O–H groups in total. The van der Waals surface area contributed by atoms with Crippen LogP contribution in [0.5, 0.6) is 17.2 Å². The Morgan fingerprint density at radius 1 is 0.618 bits per heavy atom. The number of carbonyl (C=O) groups is 3. The maximum absolute atomic E-state index is 16.3. The molecule has 23 heteroatoms. The third kappa shape index (κ3) is 15.2. The van der Waals surface area contributed by atoms with Crippen molar-refractivity contribution < 1.29 is 59.6 Å². The third-order valence-corrected chi connectivity index (χ3v) is 14.9. The fraction of sp³-hybridized carbons (Fsp3) is 0.358. The van der Waals surface area contributed by atoms with Crippen LogP contribution in [0.15, 0.2) is 113 Å². The number of methoxy groups -OCH3 is 4. The number of hydrogen-bond acceptors (Lipinski definition) is 17. The zero-order valence-corrected chi connectivity index (χ0v) is 45.8. The van der Waals surface area contributed by atoms with E-state index in [9.17, 15) is 14.4 Å². The van der Waals surface area contributed by atoms with Gasteiger partial charge < -0.3 is 44.4 Å². The van der Waals surface area contributed by atoms with Crippen LogP contribution in [0.3, 0.4) is 0 Å². The lowest BCUT2D eigenvalue weighted by Gasteiger charge is -2.27. The first-order valence-electron chi connectivity index (χ1n) is 23.9. The first kappa shape index (κ1) is 57.5.